The molecule has 0 unspecified atom stereocenters. The first-order chi connectivity index (χ1) is 19.7. The SMILES string of the molecule is O=C(N[C@H]1CC[C@H](CN2C(=O)C3(CN(C(=O)c4ccon4)C3)c3ccc(F)cc32)CC1)c1cc(Cl)cnc1C(F)F. The molecule has 1 aromatic carbocycles. The molecule has 3 aliphatic rings. The van der Waals surface area contributed by atoms with E-state index in [2.05, 4.69) is 15.5 Å². The molecule has 2 aliphatic heterocycles. The van der Waals surface area contributed by atoms with Crippen LogP contribution in [0.2, 0.25) is 5.02 Å². The van der Waals surface area contributed by atoms with Crippen molar-refractivity contribution in [1.82, 2.24) is 20.4 Å². The van der Waals surface area contributed by atoms with Crippen LogP contribution < -0.4 is 10.2 Å². The lowest BCUT2D eigenvalue weighted by Gasteiger charge is -2.46. The normalized spacial score (nSPS) is 21.2. The number of alkyl halides is 2. The van der Waals surface area contributed by atoms with E-state index in [0.717, 1.165) is 6.20 Å². The second kappa shape index (κ2) is 10.5. The minimum absolute atomic E-state index is 0.0794. The van der Waals surface area contributed by atoms with E-state index in [-0.39, 0.29) is 53.1 Å². The zero-order valence-corrected chi connectivity index (χ0v) is 22.4. The van der Waals surface area contributed by atoms with Crippen molar-refractivity contribution >= 4 is 35.0 Å². The van der Waals surface area contributed by atoms with Crippen LogP contribution in [0.25, 0.3) is 0 Å². The fraction of sp³-hybridized carbons (Fsp3) is 0.393. The number of anilines is 1. The Bertz CT molecular complexity index is 1500. The van der Waals surface area contributed by atoms with E-state index in [4.69, 9.17) is 16.1 Å². The fourth-order valence-electron chi connectivity index (χ4n) is 6.15. The van der Waals surface area contributed by atoms with Crippen LogP contribution in [-0.4, -0.2) is 58.4 Å². The lowest BCUT2D eigenvalue weighted by molar-refractivity contribution is -0.128. The van der Waals surface area contributed by atoms with Gasteiger partial charge in [0, 0.05) is 37.9 Å². The summed E-state index contributed by atoms with van der Waals surface area (Å²) < 4.78 is 45.8. The number of pyridine rings is 1. The zero-order chi connectivity index (χ0) is 28.9. The summed E-state index contributed by atoms with van der Waals surface area (Å²) in [6.45, 7) is 0.678. The first kappa shape index (κ1) is 27.3. The van der Waals surface area contributed by atoms with E-state index in [0.29, 0.717) is 43.5 Å². The average Bonchev–Trinajstić information content (AvgIpc) is 3.54. The second-order valence-electron chi connectivity index (χ2n) is 10.8. The predicted molar refractivity (Wildman–Crippen MR) is 140 cm³/mol. The number of carbonyl (C=O) groups is 3. The minimum atomic E-state index is -2.92. The summed E-state index contributed by atoms with van der Waals surface area (Å²) in [6, 6.07) is 6.70. The van der Waals surface area contributed by atoms with Crippen LogP contribution in [0.3, 0.4) is 0 Å². The number of benzene rings is 1. The van der Waals surface area contributed by atoms with Crippen LogP contribution in [0, 0.1) is 11.7 Å². The Kier molecular flexibility index (Phi) is 6.96. The molecule has 1 spiro atoms. The number of nitrogens with zero attached hydrogens (tertiary/aromatic N) is 4. The Morgan fingerprint density at radius 2 is 1.90 bits per heavy atom. The fourth-order valence-corrected chi connectivity index (χ4v) is 6.31. The molecule has 0 radical (unpaired) electrons. The highest BCUT2D eigenvalue weighted by molar-refractivity contribution is 6.30. The molecule has 3 aromatic rings. The summed E-state index contributed by atoms with van der Waals surface area (Å²) in [5, 5.41) is 6.58. The Hall–Kier alpha value is -3.93. The molecule has 0 bridgehead atoms. The quantitative estimate of drug-likeness (QED) is 0.454. The maximum atomic E-state index is 14.3. The zero-order valence-electron chi connectivity index (χ0n) is 21.7. The molecule has 214 valence electrons. The number of carbonyl (C=O) groups excluding carboxylic acids is 3. The van der Waals surface area contributed by atoms with Gasteiger partial charge in [0.05, 0.1) is 16.3 Å². The van der Waals surface area contributed by atoms with Crippen molar-refractivity contribution in [3.63, 3.8) is 0 Å². The van der Waals surface area contributed by atoms with Crippen molar-refractivity contribution in [2.24, 2.45) is 5.92 Å². The van der Waals surface area contributed by atoms with Crippen molar-refractivity contribution in [3.8, 4) is 0 Å². The van der Waals surface area contributed by atoms with Gasteiger partial charge in [-0.1, -0.05) is 22.8 Å². The topological polar surface area (TPSA) is 109 Å². The van der Waals surface area contributed by atoms with Crippen molar-refractivity contribution < 1.29 is 32.1 Å². The number of rotatable bonds is 6. The highest BCUT2D eigenvalue weighted by Gasteiger charge is 2.59. The summed E-state index contributed by atoms with van der Waals surface area (Å²) in [7, 11) is 0. The number of hydrogen-bond acceptors (Lipinski definition) is 6. The lowest BCUT2D eigenvalue weighted by Crippen LogP contribution is -2.65. The van der Waals surface area contributed by atoms with Gasteiger partial charge in [0.2, 0.25) is 5.91 Å². The molecule has 1 N–H and O–H groups in total. The standard InChI is InChI=1S/C28H25ClF3N5O4/c29-16-9-19(23(24(31)32)33-11-16)25(38)34-18-4-1-15(2-5-18)12-37-22-10-17(30)3-6-20(22)28(27(37)40)13-36(14-28)26(39)21-7-8-41-35-21/h3,6-11,15,18,24H,1-2,4-5,12-14H2,(H,34,38)/t15-,18-. The molecule has 2 fully saturated rings. The number of amides is 3. The molecule has 1 saturated heterocycles. The van der Waals surface area contributed by atoms with Gasteiger partial charge in [0.15, 0.2) is 5.69 Å². The summed E-state index contributed by atoms with van der Waals surface area (Å²) in [5.74, 6) is -1.55. The summed E-state index contributed by atoms with van der Waals surface area (Å²) in [6.07, 6.45) is 1.96. The van der Waals surface area contributed by atoms with Crippen LogP contribution in [0.15, 0.2) is 47.3 Å². The molecule has 1 aliphatic carbocycles. The van der Waals surface area contributed by atoms with Gasteiger partial charge in [-0.3, -0.25) is 19.4 Å². The lowest BCUT2D eigenvalue weighted by atomic mass is 9.74. The van der Waals surface area contributed by atoms with Crippen LogP contribution in [0.5, 0.6) is 0 Å². The Morgan fingerprint density at radius 1 is 1.15 bits per heavy atom. The smallest absolute Gasteiger partial charge is 0.281 e. The van der Waals surface area contributed by atoms with Crippen LogP contribution >= 0.6 is 11.6 Å². The average molecular weight is 588 g/mol. The second-order valence-corrected chi connectivity index (χ2v) is 11.2. The third-order valence-electron chi connectivity index (χ3n) is 8.25. The van der Waals surface area contributed by atoms with Gasteiger partial charge in [-0.05, 0) is 55.4 Å². The molecule has 1 saturated carbocycles. The van der Waals surface area contributed by atoms with E-state index < -0.39 is 29.3 Å². The Morgan fingerprint density at radius 3 is 2.59 bits per heavy atom. The molecule has 9 nitrogen and oxygen atoms in total. The first-order valence-electron chi connectivity index (χ1n) is 13.2. The summed E-state index contributed by atoms with van der Waals surface area (Å²) in [5.41, 5.74) is -0.461. The van der Waals surface area contributed by atoms with Gasteiger partial charge in [0.1, 0.15) is 23.2 Å². The minimum Gasteiger partial charge on any atom is -0.364 e. The molecule has 4 heterocycles. The van der Waals surface area contributed by atoms with Crippen molar-refractivity contribution in [1.29, 1.82) is 0 Å². The third kappa shape index (κ3) is 4.83. The molecule has 13 heteroatoms. The number of likely N-dealkylation sites (tertiary alicyclic amines) is 1. The van der Waals surface area contributed by atoms with Crippen LogP contribution in [-0.2, 0) is 10.2 Å². The largest absolute Gasteiger partial charge is 0.364 e. The highest BCUT2D eigenvalue weighted by atomic mass is 35.5. The molecule has 3 amide bonds. The van der Waals surface area contributed by atoms with E-state index in [9.17, 15) is 27.6 Å². The first-order valence-corrected chi connectivity index (χ1v) is 13.6. The van der Waals surface area contributed by atoms with Crippen LogP contribution in [0.1, 0.15) is 64.2 Å². The monoisotopic (exact) mass is 587 g/mol. The predicted octanol–water partition coefficient (Wildman–Crippen LogP) is 4.53. The molecule has 6 rings (SSSR count). The van der Waals surface area contributed by atoms with Crippen molar-refractivity contribution in [2.75, 3.05) is 24.5 Å². The summed E-state index contributed by atoms with van der Waals surface area (Å²) in [4.78, 5) is 46.0. The van der Waals surface area contributed by atoms with Gasteiger partial charge in [-0.25, -0.2) is 13.2 Å². The molecule has 41 heavy (non-hydrogen) atoms. The Balaban J connectivity index is 1.11. The number of halogens is 4. The van der Waals surface area contributed by atoms with E-state index in [1.807, 2.05) is 0 Å². The van der Waals surface area contributed by atoms with Gasteiger partial charge in [-0.15, -0.1) is 0 Å². The molecule has 2 aromatic heterocycles. The number of aromatic nitrogens is 2. The Labute approximate surface area is 237 Å². The van der Waals surface area contributed by atoms with Gasteiger partial charge in [-0.2, -0.15) is 0 Å². The molecule has 0 atom stereocenters. The number of hydrogen-bond donors (Lipinski definition) is 1. The maximum Gasteiger partial charge on any atom is 0.281 e. The summed E-state index contributed by atoms with van der Waals surface area (Å²) >= 11 is 5.88. The van der Waals surface area contributed by atoms with Crippen molar-refractivity contribution in [3.05, 3.63) is 76.1 Å². The van der Waals surface area contributed by atoms with Gasteiger partial charge >= 0.3 is 0 Å². The van der Waals surface area contributed by atoms with E-state index in [1.54, 1.807) is 11.0 Å². The third-order valence-corrected chi connectivity index (χ3v) is 8.45. The van der Waals surface area contributed by atoms with Crippen LogP contribution in [0.4, 0.5) is 18.9 Å². The van der Waals surface area contributed by atoms with Gasteiger partial charge in [0.25, 0.3) is 18.2 Å². The van der Waals surface area contributed by atoms with E-state index >= 15 is 0 Å². The maximum absolute atomic E-state index is 14.3. The highest BCUT2D eigenvalue weighted by Crippen LogP contribution is 2.48. The number of fused-ring (bicyclic) bond motifs is 2. The van der Waals surface area contributed by atoms with Crippen molar-refractivity contribution in [2.45, 2.75) is 43.6 Å². The molecular formula is C28H25ClF3N5O4. The van der Waals surface area contributed by atoms with Gasteiger partial charge < -0.3 is 19.6 Å². The molecular weight excluding hydrogens is 563 g/mol. The van der Waals surface area contributed by atoms with E-state index in [1.165, 1.54) is 35.4 Å². The number of nitrogens with one attached hydrogen (secondary N) is 1.